The molecule has 0 amide bonds. The van der Waals surface area contributed by atoms with Gasteiger partial charge in [0.15, 0.2) is 0 Å². The van der Waals surface area contributed by atoms with Crippen molar-refractivity contribution < 1.29 is 9.53 Å². The number of hydrogen-bond donors (Lipinski definition) is 0. The third-order valence-corrected chi connectivity index (χ3v) is 2.77. The molecule has 0 unspecified atom stereocenters. The van der Waals surface area contributed by atoms with Crippen LogP contribution >= 0.6 is 11.6 Å². The first-order chi connectivity index (χ1) is 8.52. The number of rotatable bonds is 6. The quantitative estimate of drug-likeness (QED) is 0.588. The molecular weight excluding hydrogens is 252 g/mol. The summed E-state index contributed by atoms with van der Waals surface area (Å²) in [7, 11) is 0. The lowest BCUT2D eigenvalue weighted by atomic mass is 10.2. The number of aromatic nitrogens is 1. The molecule has 1 rings (SSSR count). The molecule has 0 aliphatic carbocycles. The molecule has 1 aromatic heterocycles. The summed E-state index contributed by atoms with van der Waals surface area (Å²) in [6.07, 6.45) is 1.73. The molecule has 0 saturated heterocycles. The highest BCUT2D eigenvalue weighted by Crippen LogP contribution is 2.10. The van der Waals surface area contributed by atoms with Crippen molar-refractivity contribution in [1.29, 1.82) is 0 Å². The van der Waals surface area contributed by atoms with Crippen molar-refractivity contribution in [1.82, 2.24) is 9.88 Å². The first-order valence-corrected chi connectivity index (χ1v) is 6.40. The van der Waals surface area contributed by atoms with E-state index in [1.165, 1.54) is 0 Å². The van der Waals surface area contributed by atoms with E-state index in [1.54, 1.807) is 19.2 Å². The summed E-state index contributed by atoms with van der Waals surface area (Å²) >= 11 is 5.74. The number of ether oxygens (including phenoxy) is 1. The molecule has 1 heterocycles. The highest BCUT2D eigenvalue weighted by molar-refractivity contribution is 6.29. The molecule has 18 heavy (non-hydrogen) atoms. The zero-order chi connectivity index (χ0) is 13.5. The summed E-state index contributed by atoms with van der Waals surface area (Å²) in [5.41, 5.74) is 1.03. The predicted molar refractivity (Wildman–Crippen MR) is 71.4 cm³/mol. The maximum absolute atomic E-state index is 11.5. The van der Waals surface area contributed by atoms with Gasteiger partial charge in [-0.25, -0.2) is 4.98 Å². The van der Waals surface area contributed by atoms with Gasteiger partial charge in [0.1, 0.15) is 5.15 Å². The van der Waals surface area contributed by atoms with Gasteiger partial charge in [0, 0.05) is 18.8 Å². The van der Waals surface area contributed by atoms with Crippen molar-refractivity contribution in [2.24, 2.45) is 0 Å². The monoisotopic (exact) mass is 270 g/mol. The molecule has 0 N–H and O–H groups in total. The van der Waals surface area contributed by atoms with E-state index >= 15 is 0 Å². The van der Waals surface area contributed by atoms with Crippen LogP contribution in [0.3, 0.4) is 0 Å². The van der Waals surface area contributed by atoms with Gasteiger partial charge in [-0.3, -0.25) is 9.69 Å². The largest absolute Gasteiger partial charge is 0.465 e. The van der Waals surface area contributed by atoms with E-state index in [2.05, 4.69) is 4.98 Å². The van der Waals surface area contributed by atoms with E-state index in [0.717, 1.165) is 5.56 Å². The lowest BCUT2D eigenvalue weighted by molar-refractivity contribution is -0.145. The Morgan fingerprint density at radius 2 is 2.22 bits per heavy atom. The second-order valence-corrected chi connectivity index (χ2v) is 4.68. The second-order valence-electron chi connectivity index (χ2n) is 4.29. The fraction of sp³-hybridized carbons (Fsp3) is 0.538. The highest BCUT2D eigenvalue weighted by Gasteiger charge is 2.15. The maximum Gasteiger partial charge on any atom is 0.320 e. The molecule has 100 valence electrons. The minimum atomic E-state index is -0.201. The Bertz CT molecular complexity index is 379. The summed E-state index contributed by atoms with van der Waals surface area (Å²) in [4.78, 5) is 17.6. The van der Waals surface area contributed by atoms with Crippen LogP contribution in [-0.4, -0.2) is 35.0 Å². The summed E-state index contributed by atoms with van der Waals surface area (Å²) in [6.45, 7) is 7.24. The number of halogens is 1. The van der Waals surface area contributed by atoms with Crippen molar-refractivity contribution in [2.75, 3.05) is 13.2 Å². The van der Waals surface area contributed by atoms with Crippen LogP contribution in [-0.2, 0) is 16.1 Å². The van der Waals surface area contributed by atoms with Gasteiger partial charge in [-0.2, -0.15) is 0 Å². The molecule has 0 aliphatic rings. The van der Waals surface area contributed by atoms with Crippen LogP contribution in [0.4, 0.5) is 0 Å². The molecular formula is C13H19ClN2O2. The molecule has 4 nitrogen and oxygen atoms in total. The smallest absolute Gasteiger partial charge is 0.320 e. The Balaban J connectivity index is 2.62. The molecule has 0 atom stereocenters. The third-order valence-electron chi connectivity index (χ3n) is 2.54. The van der Waals surface area contributed by atoms with Crippen molar-refractivity contribution >= 4 is 17.6 Å². The minimum Gasteiger partial charge on any atom is -0.465 e. The fourth-order valence-electron chi connectivity index (χ4n) is 1.53. The van der Waals surface area contributed by atoms with Gasteiger partial charge in [0.05, 0.1) is 13.2 Å². The molecule has 0 spiro atoms. The normalized spacial score (nSPS) is 11.0. The van der Waals surface area contributed by atoms with Crippen LogP contribution in [0.1, 0.15) is 26.3 Å². The van der Waals surface area contributed by atoms with Crippen LogP contribution < -0.4 is 0 Å². The number of hydrogen-bond acceptors (Lipinski definition) is 4. The summed E-state index contributed by atoms with van der Waals surface area (Å²) in [5.74, 6) is -0.201. The molecule has 1 aromatic rings. The van der Waals surface area contributed by atoms with Gasteiger partial charge in [0.2, 0.25) is 0 Å². The number of esters is 1. The van der Waals surface area contributed by atoms with E-state index in [1.807, 2.05) is 24.8 Å². The molecule has 5 heteroatoms. The summed E-state index contributed by atoms with van der Waals surface area (Å²) in [6, 6.07) is 3.92. The van der Waals surface area contributed by atoms with Gasteiger partial charge in [0.25, 0.3) is 0 Å². The molecule has 0 aliphatic heterocycles. The molecule has 0 aromatic carbocycles. The Morgan fingerprint density at radius 1 is 1.50 bits per heavy atom. The van der Waals surface area contributed by atoms with E-state index in [-0.39, 0.29) is 18.6 Å². The second kappa shape index (κ2) is 7.34. The van der Waals surface area contributed by atoms with Gasteiger partial charge < -0.3 is 4.74 Å². The van der Waals surface area contributed by atoms with Crippen molar-refractivity contribution in [3.8, 4) is 0 Å². The summed E-state index contributed by atoms with van der Waals surface area (Å²) in [5, 5.41) is 0.472. The van der Waals surface area contributed by atoms with Crippen molar-refractivity contribution in [3.63, 3.8) is 0 Å². The fourth-order valence-corrected chi connectivity index (χ4v) is 1.64. The average molecular weight is 271 g/mol. The van der Waals surface area contributed by atoms with Crippen LogP contribution in [0.25, 0.3) is 0 Å². The standard InChI is InChI=1S/C13H19ClN2O2/c1-4-18-13(17)9-16(10(2)3)8-11-5-6-12(14)15-7-11/h5-7,10H,4,8-9H2,1-3H3. The zero-order valence-corrected chi connectivity index (χ0v) is 11.8. The third kappa shape index (κ3) is 5.02. The van der Waals surface area contributed by atoms with Gasteiger partial charge >= 0.3 is 5.97 Å². The van der Waals surface area contributed by atoms with Gasteiger partial charge in [-0.1, -0.05) is 17.7 Å². The Labute approximate surface area is 113 Å². The molecule has 0 bridgehead atoms. The molecule has 0 radical (unpaired) electrons. The number of carbonyl (C=O) groups is 1. The Hall–Kier alpha value is -1.13. The van der Waals surface area contributed by atoms with Crippen LogP contribution in [0.15, 0.2) is 18.3 Å². The number of nitrogens with zero attached hydrogens (tertiary/aromatic N) is 2. The van der Waals surface area contributed by atoms with Gasteiger partial charge in [-0.15, -0.1) is 0 Å². The maximum atomic E-state index is 11.5. The zero-order valence-electron chi connectivity index (χ0n) is 11.0. The first-order valence-electron chi connectivity index (χ1n) is 6.03. The van der Waals surface area contributed by atoms with Crippen molar-refractivity contribution in [2.45, 2.75) is 33.4 Å². The van der Waals surface area contributed by atoms with Crippen LogP contribution in [0.2, 0.25) is 5.15 Å². The summed E-state index contributed by atoms with van der Waals surface area (Å²) < 4.78 is 4.96. The Morgan fingerprint density at radius 3 is 2.72 bits per heavy atom. The number of carbonyl (C=O) groups excluding carboxylic acids is 1. The van der Waals surface area contributed by atoms with Crippen LogP contribution in [0.5, 0.6) is 0 Å². The lowest BCUT2D eigenvalue weighted by Crippen LogP contribution is -2.36. The average Bonchev–Trinajstić information content (AvgIpc) is 2.31. The minimum absolute atomic E-state index is 0.201. The van der Waals surface area contributed by atoms with E-state index < -0.39 is 0 Å². The predicted octanol–water partition coefficient (Wildman–Crippen LogP) is 2.51. The molecule has 0 saturated carbocycles. The van der Waals surface area contributed by atoms with Gasteiger partial charge in [-0.05, 0) is 32.4 Å². The first kappa shape index (κ1) is 14.9. The Kier molecular flexibility index (Phi) is 6.09. The van der Waals surface area contributed by atoms with Crippen molar-refractivity contribution in [3.05, 3.63) is 29.0 Å². The highest BCUT2D eigenvalue weighted by atomic mass is 35.5. The number of pyridine rings is 1. The topological polar surface area (TPSA) is 42.4 Å². The molecule has 0 fully saturated rings. The van der Waals surface area contributed by atoms with E-state index in [0.29, 0.717) is 18.3 Å². The lowest BCUT2D eigenvalue weighted by Gasteiger charge is -2.25. The van der Waals surface area contributed by atoms with E-state index in [4.69, 9.17) is 16.3 Å². The van der Waals surface area contributed by atoms with Crippen LogP contribution in [0, 0.1) is 0 Å². The SMILES string of the molecule is CCOC(=O)CN(Cc1ccc(Cl)nc1)C(C)C. The van der Waals surface area contributed by atoms with E-state index in [9.17, 15) is 4.79 Å².